The van der Waals surface area contributed by atoms with Crippen LogP contribution in [-0.4, -0.2) is 29.1 Å². The molecular weight excluding hydrogens is 267 g/mol. The van der Waals surface area contributed by atoms with E-state index in [0.29, 0.717) is 18.9 Å². The number of hydrogen-bond acceptors (Lipinski definition) is 2. The summed E-state index contributed by atoms with van der Waals surface area (Å²) in [6.45, 7) is 0. The largest absolute Gasteiger partial charge is 0.385 e. The van der Waals surface area contributed by atoms with Gasteiger partial charge in [0.05, 0.1) is 5.60 Å². The number of benzene rings is 1. The van der Waals surface area contributed by atoms with Crippen molar-refractivity contribution in [3.05, 3.63) is 35.1 Å². The first kappa shape index (κ1) is 13.9. The molecule has 2 nitrogen and oxygen atoms in total. The molecular formula is C15H18F3NO. The lowest BCUT2D eigenvalue weighted by atomic mass is 9.72. The van der Waals surface area contributed by atoms with Crippen molar-refractivity contribution in [2.45, 2.75) is 49.8 Å². The van der Waals surface area contributed by atoms with E-state index in [2.05, 4.69) is 4.90 Å². The summed E-state index contributed by atoms with van der Waals surface area (Å²) in [4.78, 5) is 2.20. The Hall–Kier alpha value is -1.07. The Morgan fingerprint density at radius 1 is 1.15 bits per heavy atom. The first-order chi connectivity index (χ1) is 9.40. The second-order valence-corrected chi connectivity index (χ2v) is 6.09. The minimum absolute atomic E-state index is 0.137. The molecule has 1 N–H and O–H groups in total. The third-order valence-corrected chi connectivity index (χ3v) is 4.87. The van der Waals surface area contributed by atoms with Crippen LogP contribution in [0.5, 0.6) is 0 Å². The first-order valence-electron chi connectivity index (χ1n) is 7.00. The Bertz CT molecular complexity index is 520. The number of nitrogens with zero attached hydrogens (tertiary/aromatic N) is 1. The van der Waals surface area contributed by atoms with Crippen LogP contribution in [0, 0.1) is 17.5 Å². The maximum absolute atomic E-state index is 14.0. The van der Waals surface area contributed by atoms with Crippen molar-refractivity contribution in [3.8, 4) is 0 Å². The number of halogens is 3. The van der Waals surface area contributed by atoms with Crippen LogP contribution in [0.2, 0.25) is 0 Å². The average Bonchev–Trinajstić information content (AvgIpc) is 2.36. The minimum atomic E-state index is -1.48. The molecule has 1 aromatic rings. The molecule has 2 atom stereocenters. The molecule has 0 amide bonds. The van der Waals surface area contributed by atoms with Gasteiger partial charge in [0, 0.05) is 23.7 Å². The molecule has 20 heavy (non-hydrogen) atoms. The molecule has 0 saturated carbocycles. The topological polar surface area (TPSA) is 23.5 Å². The lowest BCUT2D eigenvalue weighted by molar-refractivity contribution is -0.0895. The highest BCUT2D eigenvalue weighted by Gasteiger charge is 2.46. The summed E-state index contributed by atoms with van der Waals surface area (Å²) >= 11 is 0. The van der Waals surface area contributed by atoms with Crippen molar-refractivity contribution in [2.75, 3.05) is 7.05 Å². The van der Waals surface area contributed by atoms with Gasteiger partial charge < -0.3 is 10.0 Å². The lowest BCUT2D eigenvalue weighted by Gasteiger charge is -2.50. The predicted molar refractivity (Wildman–Crippen MR) is 68.6 cm³/mol. The molecule has 0 aromatic heterocycles. The van der Waals surface area contributed by atoms with Gasteiger partial charge in [-0.15, -0.1) is 0 Å². The summed E-state index contributed by atoms with van der Waals surface area (Å²) in [5.74, 6) is -3.22. The van der Waals surface area contributed by atoms with Crippen LogP contribution in [0.1, 0.15) is 37.7 Å². The van der Waals surface area contributed by atoms with Crippen LogP contribution in [-0.2, 0) is 5.60 Å². The van der Waals surface area contributed by atoms with Crippen molar-refractivity contribution in [1.29, 1.82) is 0 Å². The highest BCUT2D eigenvalue weighted by Crippen LogP contribution is 2.44. The van der Waals surface area contributed by atoms with E-state index in [-0.39, 0.29) is 17.6 Å². The SMILES string of the molecule is CN1C2CCCC1CC(O)(c1cc(F)cc(F)c1F)C2. The van der Waals surface area contributed by atoms with Crippen LogP contribution in [0.15, 0.2) is 12.1 Å². The second kappa shape index (κ2) is 4.74. The van der Waals surface area contributed by atoms with E-state index in [4.69, 9.17) is 0 Å². The third-order valence-electron chi connectivity index (χ3n) is 4.87. The highest BCUT2D eigenvalue weighted by molar-refractivity contribution is 5.28. The number of rotatable bonds is 1. The normalized spacial score (nSPS) is 34.2. The zero-order chi connectivity index (χ0) is 14.5. The number of piperidine rings is 2. The van der Waals surface area contributed by atoms with Crippen molar-refractivity contribution in [1.82, 2.24) is 4.90 Å². The monoisotopic (exact) mass is 285 g/mol. The maximum Gasteiger partial charge on any atom is 0.165 e. The molecule has 2 aliphatic heterocycles. The van der Waals surface area contributed by atoms with E-state index in [0.717, 1.165) is 25.3 Å². The minimum Gasteiger partial charge on any atom is -0.385 e. The van der Waals surface area contributed by atoms with E-state index in [1.807, 2.05) is 7.05 Å². The van der Waals surface area contributed by atoms with Crippen LogP contribution in [0.25, 0.3) is 0 Å². The molecule has 3 rings (SSSR count). The summed E-state index contributed by atoms with van der Waals surface area (Å²) in [7, 11) is 2.00. The Morgan fingerprint density at radius 2 is 1.75 bits per heavy atom. The fourth-order valence-corrected chi connectivity index (χ4v) is 3.76. The summed E-state index contributed by atoms with van der Waals surface area (Å²) in [5, 5.41) is 10.8. The van der Waals surface area contributed by atoms with Gasteiger partial charge in [-0.25, -0.2) is 13.2 Å². The van der Waals surface area contributed by atoms with Crippen LogP contribution in [0.4, 0.5) is 13.2 Å². The molecule has 2 bridgehead atoms. The van der Waals surface area contributed by atoms with Gasteiger partial charge in [-0.1, -0.05) is 6.42 Å². The van der Waals surface area contributed by atoms with Gasteiger partial charge in [-0.05, 0) is 38.8 Å². The first-order valence-corrected chi connectivity index (χ1v) is 7.00. The maximum atomic E-state index is 14.0. The van der Waals surface area contributed by atoms with E-state index in [1.54, 1.807) is 0 Å². The summed E-state index contributed by atoms with van der Waals surface area (Å²) in [6.07, 6.45) is 3.57. The molecule has 0 radical (unpaired) electrons. The molecule has 5 heteroatoms. The van der Waals surface area contributed by atoms with Crippen molar-refractivity contribution in [3.63, 3.8) is 0 Å². The highest BCUT2D eigenvalue weighted by atomic mass is 19.2. The van der Waals surface area contributed by atoms with E-state index in [9.17, 15) is 18.3 Å². The zero-order valence-corrected chi connectivity index (χ0v) is 11.4. The second-order valence-electron chi connectivity index (χ2n) is 6.09. The molecule has 110 valence electrons. The molecule has 0 spiro atoms. The van der Waals surface area contributed by atoms with Gasteiger partial charge in [0.25, 0.3) is 0 Å². The summed E-state index contributed by atoms with van der Waals surface area (Å²) in [5.41, 5.74) is -1.71. The van der Waals surface area contributed by atoms with Crippen LogP contribution < -0.4 is 0 Å². The van der Waals surface area contributed by atoms with Crippen LogP contribution >= 0.6 is 0 Å². The zero-order valence-electron chi connectivity index (χ0n) is 11.4. The summed E-state index contributed by atoms with van der Waals surface area (Å²) < 4.78 is 40.7. The van der Waals surface area contributed by atoms with E-state index >= 15 is 0 Å². The molecule has 1 aromatic carbocycles. The molecule has 2 unspecified atom stereocenters. The van der Waals surface area contributed by atoms with E-state index in [1.165, 1.54) is 0 Å². The van der Waals surface area contributed by atoms with Crippen molar-refractivity contribution < 1.29 is 18.3 Å². The lowest BCUT2D eigenvalue weighted by Crippen LogP contribution is -2.55. The Labute approximate surface area is 116 Å². The van der Waals surface area contributed by atoms with Crippen LogP contribution in [0.3, 0.4) is 0 Å². The number of hydrogen-bond donors (Lipinski definition) is 1. The average molecular weight is 285 g/mol. The fraction of sp³-hybridized carbons (Fsp3) is 0.600. The van der Waals surface area contributed by atoms with Crippen molar-refractivity contribution >= 4 is 0 Å². The molecule has 2 saturated heterocycles. The third kappa shape index (κ3) is 2.13. The molecule has 2 fully saturated rings. The Morgan fingerprint density at radius 3 is 2.35 bits per heavy atom. The standard InChI is InChI=1S/C15H18F3NO/c1-19-10-3-2-4-11(19)8-15(20,7-10)12-5-9(16)6-13(17)14(12)18/h5-6,10-11,20H,2-4,7-8H2,1H3. The van der Waals surface area contributed by atoms with Gasteiger partial charge in [0.1, 0.15) is 5.82 Å². The smallest absolute Gasteiger partial charge is 0.165 e. The van der Waals surface area contributed by atoms with Gasteiger partial charge in [0.15, 0.2) is 11.6 Å². The molecule has 2 aliphatic rings. The van der Waals surface area contributed by atoms with Gasteiger partial charge in [-0.3, -0.25) is 0 Å². The molecule has 2 heterocycles. The van der Waals surface area contributed by atoms with E-state index < -0.39 is 23.1 Å². The van der Waals surface area contributed by atoms with Gasteiger partial charge in [0.2, 0.25) is 0 Å². The fourth-order valence-electron chi connectivity index (χ4n) is 3.76. The summed E-state index contributed by atoms with van der Waals surface area (Å²) in [6, 6.07) is 1.72. The predicted octanol–water partition coefficient (Wildman–Crippen LogP) is 2.94. The Kier molecular flexibility index (Phi) is 3.29. The number of fused-ring (bicyclic) bond motifs is 2. The number of aliphatic hydroxyl groups is 1. The molecule has 0 aliphatic carbocycles. The Balaban J connectivity index is 2.01. The quantitative estimate of drug-likeness (QED) is 0.802. The van der Waals surface area contributed by atoms with Gasteiger partial charge in [-0.2, -0.15) is 0 Å². The van der Waals surface area contributed by atoms with Crippen molar-refractivity contribution in [2.24, 2.45) is 0 Å². The van der Waals surface area contributed by atoms with Gasteiger partial charge >= 0.3 is 0 Å².